The second kappa shape index (κ2) is 8.20. The summed E-state index contributed by atoms with van der Waals surface area (Å²) in [5, 5.41) is 5.41. The summed E-state index contributed by atoms with van der Waals surface area (Å²) >= 11 is 1.49. The molecule has 5 nitrogen and oxygen atoms in total. The van der Waals surface area contributed by atoms with Crippen molar-refractivity contribution in [3.63, 3.8) is 0 Å². The van der Waals surface area contributed by atoms with Gasteiger partial charge < -0.3 is 15.5 Å². The molecule has 0 atom stereocenters. The third kappa shape index (κ3) is 3.89. The van der Waals surface area contributed by atoms with Gasteiger partial charge in [-0.15, -0.1) is 0 Å². The van der Waals surface area contributed by atoms with Crippen LogP contribution >= 0.6 is 11.8 Å². The first-order valence-electron chi connectivity index (χ1n) is 9.53. The van der Waals surface area contributed by atoms with Gasteiger partial charge in [-0.1, -0.05) is 30.0 Å². The highest BCUT2D eigenvalue weighted by atomic mass is 32.2. The Morgan fingerprint density at radius 1 is 1.00 bits per heavy atom. The number of rotatable bonds is 3. The quantitative estimate of drug-likeness (QED) is 0.553. The second-order valence-electron chi connectivity index (χ2n) is 6.87. The number of nitrogens with zero attached hydrogens (tertiary/aromatic N) is 1. The van der Waals surface area contributed by atoms with Gasteiger partial charge >= 0.3 is 6.03 Å². The van der Waals surface area contributed by atoms with Gasteiger partial charge in [-0.2, -0.15) is 0 Å². The fraction of sp³-hybridized carbons (Fsp3) is 0.130. The lowest BCUT2D eigenvalue weighted by atomic mass is 10.1. The Morgan fingerprint density at radius 3 is 2.43 bits per heavy atom. The minimum Gasteiger partial charge on any atom is -0.308 e. The smallest absolute Gasteiger partial charge is 0.308 e. The Kier molecular flexibility index (Phi) is 5.46. The number of urea groups is 1. The number of amides is 3. The van der Waals surface area contributed by atoms with Gasteiger partial charge in [0.1, 0.15) is 5.82 Å². The van der Waals surface area contributed by atoms with E-state index in [4.69, 9.17) is 0 Å². The number of halogens is 1. The molecule has 1 aliphatic heterocycles. The van der Waals surface area contributed by atoms with Crippen molar-refractivity contribution in [3.05, 3.63) is 77.6 Å². The van der Waals surface area contributed by atoms with E-state index in [0.717, 1.165) is 15.5 Å². The number of carbonyl (C=O) groups excluding carboxylic acids is 2. The van der Waals surface area contributed by atoms with E-state index >= 15 is 0 Å². The first-order valence-corrected chi connectivity index (χ1v) is 10.3. The molecular weight excluding hydrogens is 401 g/mol. The molecule has 0 fully saturated rings. The minimum absolute atomic E-state index is 0.0424. The maximum atomic E-state index is 13.7. The number of hydrogen-bond acceptors (Lipinski definition) is 3. The van der Waals surface area contributed by atoms with E-state index in [2.05, 4.69) is 10.6 Å². The Bertz CT molecular complexity index is 1150. The third-order valence-corrected chi connectivity index (χ3v) is 5.96. The van der Waals surface area contributed by atoms with Gasteiger partial charge in [0.2, 0.25) is 0 Å². The van der Waals surface area contributed by atoms with E-state index in [0.29, 0.717) is 29.0 Å². The van der Waals surface area contributed by atoms with Crippen LogP contribution in [0.25, 0.3) is 0 Å². The molecule has 3 amide bonds. The van der Waals surface area contributed by atoms with Crippen LogP contribution in [0.1, 0.15) is 22.8 Å². The highest BCUT2D eigenvalue weighted by Gasteiger charge is 2.26. The standard InChI is InChI=1S/C23H20FN3O2S/c1-3-27-19-11-10-16(26-23(29)25-15-9-8-14(2)18(24)12-15)13-21(19)30-20-7-5-4-6-17(20)22(27)28/h4-13H,3H2,1-2H3,(H2,25,26,29). The summed E-state index contributed by atoms with van der Waals surface area (Å²) in [4.78, 5) is 28.8. The van der Waals surface area contributed by atoms with Crippen LogP contribution in [-0.2, 0) is 0 Å². The van der Waals surface area contributed by atoms with Crippen molar-refractivity contribution >= 4 is 40.8 Å². The Balaban J connectivity index is 1.59. The number of aryl methyl sites for hydroxylation is 1. The molecule has 4 rings (SSSR count). The first-order chi connectivity index (χ1) is 14.5. The van der Waals surface area contributed by atoms with Crippen LogP contribution in [0, 0.1) is 12.7 Å². The van der Waals surface area contributed by atoms with Crippen molar-refractivity contribution in [1.29, 1.82) is 0 Å². The first kappa shape index (κ1) is 20.0. The van der Waals surface area contributed by atoms with Gasteiger partial charge in [-0.05, 0) is 61.9 Å². The Morgan fingerprint density at radius 2 is 1.70 bits per heavy atom. The zero-order chi connectivity index (χ0) is 21.3. The van der Waals surface area contributed by atoms with Gasteiger partial charge in [0, 0.05) is 27.7 Å². The van der Waals surface area contributed by atoms with Crippen LogP contribution in [0.4, 0.5) is 26.2 Å². The monoisotopic (exact) mass is 421 g/mol. The highest BCUT2D eigenvalue weighted by Crippen LogP contribution is 2.42. The van der Waals surface area contributed by atoms with Crippen molar-refractivity contribution < 1.29 is 14.0 Å². The lowest BCUT2D eigenvalue weighted by Gasteiger charge is -2.21. The Labute approximate surface area is 178 Å². The molecule has 3 aromatic rings. The molecule has 0 aromatic heterocycles. The maximum Gasteiger partial charge on any atom is 0.323 e. The molecule has 0 unspecified atom stereocenters. The molecule has 1 heterocycles. The summed E-state index contributed by atoms with van der Waals surface area (Å²) < 4.78 is 13.7. The van der Waals surface area contributed by atoms with Crippen molar-refractivity contribution in [3.8, 4) is 0 Å². The summed E-state index contributed by atoms with van der Waals surface area (Å²) in [5.41, 5.74) is 2.93. The van der Waals surface area contributed by atoms with Crippen LogP contribution in [0.5, 0.6) is 0 Å². The summed E-state index contributed by atoms with van der Waals surface area (Å²) in [6.07, 6.45) is 0. The second-order valence-corrected chi connectivity index (χ2v) is 7.96. The minimum atomic E-state index is -0.472. The summed E-state index contributed by atoms with van der Waals surface area (Å²) in [5.74, 6) is -0.420. The summed E-state index contributed by atoms with van der Waals surface area (Å²) in [6.45, 7) is 4.13. The van der Waals surface area contributed by atoms with E-state index in [-0.39, 0.29) is 11.7 Å². The molecule has 0 saturated heterocycles. The molecule has 0 saturated carbocycles. The average Bonchev–Trinajstić information content (AvgIpc) is 2.84. The molecule has 1 aliphatic rings. The lowest BCUT2D eigenvalue weighted by molar-refractivity contribution is 0.0985. The topological polar surface area (TPSA) is 61.4 Å². The van der Waals surface area contributed by atoms with Crippen molar-refractivity contribution in [2.75, 3.05) is 22.1 Å². The molecule has 0 aliphatic carbocycles. The fourth-order valence-electron chi connectivity index (χ4n) is 3.28. The molecule has 7 heteroatoms. The van der Waals surface area contributed by atoms with Gasteiger partial charge in [-0.3, -0.25) is 4.79 Å². The molecule has 0 radical (unpaired) electrons. The molecule has 2 N–H and O–H groups in total. The van der Waals surface area contributed by atoms with Gasteiger partial charge in [0.15, 0.2) is 0 Å². The molecule has 0 spiro atoms. The number of hydrogen-bond donors (Lipinski definition) is 2. The van der Waals surface area contributed by atoms with Crippen LogP contribution in [-0.4, -0.2) is 18.5 Å². The summed E-state index contributed by atoms with van der Waals surface area (Å²) in [7, 11) is 0. The fourth-order valence-corrected chi connectivity index (χ4v) is 4.40. The normalized spacial score (nSPS) is 12.6. The zero-order valence-corrected chi connectivity index (χ0v) is 17.3. The number of fused-ring (bicyclic) bond motifs is 2. The molecule has 30 heavy (non-hydrogen) atoms. The van der Waals surface area contributed by atoms with Crippen LogP contribution in [0.15, 0.2) is 70.5 Å². The third-order valence-electron chi connectivity index (χ3n) is 4.84. The predicted molar refractivity (Wildman–Crippen MR) is 118 cm³/mol. The number of carbonyl (C=O) groups is 2. The van der Waals surface area contributed by atoms with Crippen LogP contribution in [0.2, 0.25) is 0 Å². The molecule has 0 bridgehead atoms. The van der Waals surface area contributed by atoms with Gasteiger partial charge in [-0.25, -0.2) is 9.18 Å². The van der Waals surface area contributed by atoms with Crippen molar-refractivity contribution in [1.82, 2.24) is 0 Å². The van der Waals surface area contributed by atoms with Crippen LogP contribution < -0.4 is 15.5 Å². The summed E-state index contributed by atoms with van der Waals surface area (Å²) in [6, 6.07) is 17.0. The van der Waals surface area contributed by atoms with E-state index < -0.39 is 6.03 Å². The molecular formula is C23H20FN3O2S. The molecule has 3 aromatic carbocycles. The zero-order valence-electron chi connectivity index (χ0n) is 16.5. The van der Waals surface area contributed by atoms with Crippen molar-refractivity contribution in [2.45, 2.75) is 23.6 Å². The maximum absolute atomic E-state index is 13.7. The largest absolute Gasteiger partial charge is 0.323 e. The predicted octanol–water partition coefficient (Wildman–Crippen LogP) is 5.91. The molecule has 152 valence electrons. The number of anilines is 3. The van der Waals surface area contributed by atoms with Gasteiger partial charge in [0.25, 0.3) is 5.91 Å². The number of benzene rings is 3. The number of nitrogens with one attached hydrogen (secondary N) is 2. The van der Waals surface area contributed by atoms with E-state index in [9.17, 15) is 14.0 Å². The van der Waals surface area contributed by atoms with E-state index in [1.807, 2.05) is 43.3 Å². The van der Waals surface area contributed by atoms with Crippen LogP contribution in [0.3, 0.4) is 0 Å². The van der Waals surface area contributed by atoms with Gasteiger partial charge in [0.05, 0.1) is 11.3 Å². The lowest BCUT2D eigenvalue weighted by Crippen LogP contribution is -2.30. The Hall–Kier alpha value is -3.32. The SMILES string of the molecule is CCN1C(=O)c2ccccc2Sc2cc(NC(=O)Nc3ccc(C)c(F)c3)ccc21. The van der Waals surface area contributed by atoms with E-state index in [1.165, 1.54) is 17.8 Å². The van der Waals surface area contributed by atoms with E-state index in [1.54, 1.807) is 30.0 Å². The van der Waals surface area contributed by atoms with Crippen molar-refractivity contribution in [2.24, 2.45) is 0 Å². The highest BCUT2D eigenvalue weighted by molar-refractivity contribution is 7.99. The average molecular weight is 421 g/mol.